The van der Waals surface area contributed by atoms with Gasteiger partial charge in [0.25, 0.3) is 0 Å². The number of likely N-dealkylation sites (tertiary alicyclic amines) is 1. The Morgan fingerprint density at radius 2 is 1.67 bits per heavy atom. The number of hydrogen-bond donors (Lipinski definition) is 1. The van der Waals surface area contributed by atoms with Gasteiger partial charge < -0.3 is 10.0 Å². The van der Waals surface area contributed by atoms with Crippen LogP contribution < -0.4 is 0 Å². The Labute approximate surface area is 127 Å². The lowest BCUT2D eigenvalue weighted by Crippen LogP contribution is -2.44. The average molecular weight is 295 g/mol. The minimum Gasteiger partial charge on any atom is -0.481 e. The topological polar surface area (TPSA) is 57.6 Å². The third-order valence-corrected chi connectivity index (χ3v) is 5.58. The first-order valence-electron chi connectivity index (χ1n) is 8.26. The molecule has 4 nitrogen and oxygen atoms in total. The molecule has 0 aromatic heterocycles. The number of piperidine rings is 1. The first-order chi connectivity index (χ1) is 9.74. The van der Waals surface area contributed by atoms with Crippen molar-refractivity contribution in [3.63, 3.8) is 0 Å². The van der Waals surface area contributed by atoms with E-state index in [-0.39, 0.29) is 12.3 Å². The van der Waals surface area contributed by atoms with E-state index < -0.39 is 11.4 Å². The summed E-state index contributed by atoms with van der Waals surface area (Å²) in [5, 5.41) is 9.49. The molecule has 0 bridgehead atoms. The summed E-state index contributed by atoms with van der Waals surface area (Å²) in [6.07, 6.45) is 5.46. The second-order valence-electron chi connectivity index (χ2n) is 7.99. The molecule has 2 rings (SSSR count). The van der Waals surface area contributed by atoms with Crippen LogP contribution in [0.3, 0.4) is 0 Å². The smallest absolute Gasteiger partial charge is 0.310 e. The van der Waals surface area contributed by atoms with Gasteiger partial charge in [0.1, 0.15) is 0 Å². The first-order valence-corrected chi connectivity index (χ1v) is 8.26. The number of carboxylic acid groups (broad SMARTS) is 1. The summed E-state index contributed by atoms with van der Waals surface area (Å²) in [4.78, 5) is 25.9. The summed E-state index contributed by atoms with van der Waals surface area (Å²) in [5.41, 5.74) is -0.485. The quantitative estimate of drug-likeness (QED) is 0.869. The van der Waals surface area contributed by atoms with Crippen LogP contribution in [0.1, 0.15) is 65.7 Å². The van der Waals surface area contributed by atoms with Crippen molar-refractivity contribution in [1.29, 1.82) is 0 Å². The van der Waals surface area contributed by atoms with E-state index >= 15 is 0 Å². The summed E-state index contributed by atoms with van der Waals surface area (Å²) in [5.74, 6) is -0.0777. The number of rotatable bonds is 3. The molecule has 2 aliphatic rings. The van der Waals surface area contributed by atoms with Gasteiger partial charge in [0.05, 0.1) is 5.41 Å². The highest BCUT2D eigenvalue weighted by molar-refractivity contribution is 5.85. The van der Waals surface area contributed by atoms with E-state index in [1.165, 1.54) is 0 Å². The Morgan fingerprint density at radius 3 is 2.10 bits per heavy atom. The van der Waals surface area contributed by atoms with Crippen LogP contribution in [0.25, 0.3) is 0 Å². The average Bonchev–Trinajstić information content (AvgIpc) is 2.88. The predicted octanol–water partition coefficient (Wildman–Crippen LogP) is 3.31. The molecular formula is C17H29NO3. The second-order valence-corrected chi connectivity index (χ2v) is 7.99. The number of carbonyl (C=O) groups excluding carboxylic acids is 1. The van der Waals surface area contributed by atoms with Crippen molar-refractivity contribution in [2.24, 2.45) is 16.7 Å². The maximum Gasteiger partial charge on any atom is 0.310 e. The molecule has 4 heteroatoms. The van der Waals surface area contributed by atoms with E-state index in [2.05, 4.69) is 20.8 Å². The second kappa shape index (κ2) is 5.98. The molecule has 0 aromatic carbocycles. The summed E-state index contributed by atoms with van der Waals surface area (Å²) in [6, 6.07) is 0. The van der Waals surface area contributed by atoms with Crippen molar-refractivity contribution in [1.82, 2.24) is 4.90 Å². The fourth-order valence-corrected chi connectivity index (χ4v) is 3.91. The third-order valence-electron chi connectivity index (χ3n) is 5.58. The van der Waals surface area contributed by atoms with Gasteiger partial charge >= 0.3 is 5.97 Å². The van der Waals surface area contributed by atoms with Crippen LogP contribution in [0.5, 0.6) is 0 Å². The van der Waals surface area contributed by atoms with Gasteiger partial charge in [-0.05, 0) is 37.0 Å². The number of hydrogen-bond acceptors (Lipinski definition) is 2. The molecule has 1 saturated heterocycles. The molecule has 1 heterocycles. The maximum atomic E-state index is 12.5. The van der Waals surface area contributed by atoms with E-state index in [1.807, 2.05) is 4.90 Å². The van der Waals surface area contributed by atoms with Crippen molar-refractivity contribution in [3.05, 3.63) is 0 Å². The lowest BCUT2D eigenvalue weighted by Gasteiger charge is -2.39. The van der Waals surface area contributed by atoms with Gasteiger partial charge in [-0.2, -0.15) is 0 Å². The molecule has 120 valence electrons. The van der Waals surface area contributed by atoms with E-state index in [4.69, 9.17) is 0 Å². The van der Waals surface area contributed by atoms with Crippen molar-refractivity contribution in [3.8, 4) is 0 Å². The van der Waals surface area contributed by atoms with Crippen LogP contribution in [0.15, 0.2) is 0 Å². The van der Waals surface area contributed by atoms with Crippen molar-refractivity contribution in [2.75, 3.05) is 13.1 Å². The summed E-state index contributed by atoms with van der Waals surface area (Å²) in [6.45, 7) is 8.35. The van der Waals surface area contributed by atoms with Crippen LogP contribution in [0, 0.1) is 16.7 Å². The van der Waals surface area contributed by atoms with Crippen molar-refractivity contribution < 1.29 is 14.7 Å². The molecule has 1 N–H and O–H groups in total. The highest BCUT2D eigenvalue weighted by atomic mass is 16.4. The lowest BCUT2D eigenvalue weighted by atomic mass is 9.75. The van der Waals surface area contributed by atoms with Gasteiger partial charge in [-0.15, -0.1) is 0 Å². The summed E-state index contributed by atoms with van der Waals surface area (Å²) < 4.78 is 0. The first kappa shape index (κ1) is 16.3. The minimum absolute atomic E-state index is 0.0478. The normalized spacial score (nSPS) is 23.3. The number of nitrogens with zero attached hydrogens (tertiary/aromatic N) is 1. The van der Waals surface area contributed by atoms with E-state index in [1.54, 1.807) is 0 Å². The third kappa shape index (κ3) is 3.58. The van der Waals surface area contributed by atoms with E-state index in [0.717, 1.165) is 38.8 Å². The standard InChI is InChI=1S/C17H29NO3/c1-16(2,3)13-6-10-18(11-7-13)14(19)12-17(15(20)21)8-4-5-9-17/h13H,4-12H2,1-3H3,(H,20,21). The predicted molar refractivity (Wildman–Crippen MR) is 81.9 cm³/mol. The highest BCUT2D eigenvalue weighted by Gasteiger charge is 2.44. The Morgan fingerprint density at radius 1 is 1.14 bits per heavy atom. The fraction of sp³-hybridized carbons (Fsp3) is 0.882. The van der Waals surface area contributed by atoms with Crippen LogP contribution in [0.4, 0.5) is 0 Å². The van der Waals surface area contributed by atoms with Crippen LogP contribution in [-0.4, -0.2) is 35.0 Å². The van der Waals surface area contributed by atoms with Crippen LogP contribution in [-0.2, 0) is 9.59 Å². The number of aliphatic carboxylic acids is 1. The maximum absolute atomic E-state index is 12.5. The molecule has 1 aliphatic heterocycles. The monoisotopic (exact) mass is 295 g/mol. The Hall–Kier alpha value is -1.06. The molecular weight excluding hydrogens is 266 g/mol. The zero-order valence-corrected chi connectivity index (χ0v) is 13.7. The molecule has 2 fully saturated rings. The minimum atomic E-state index is -0.780. The number of carbonyl (C=O) groups is 2. The van der Waals surface area contributed by atoms with Crippen LogP contribution in [0.2, 0.25) is 0 Å². The zero-order chi connectivity index (χ0) is 15.7. The van der Waals surface area contributed by atoms with Gasteiger partial charge in [-0.25, -0.2) is 0 Å². The molecule has 1 saturated carbocycles. The molecule has 21 heavy (non-hydrogen) atoms. The van der Waals surface area contributed by atoms with Crippen LogP contribution >= 0.6 is 0 Å². The number of carboxylic acids is 1. The SMILES string of the molecule is CC(C)(C)C1CCN(C(=O)CC2(C(=O)O)CCCC2)CC1. The van der Waals surface area contributed by atoms with Gasteiger partial charge in [0.15, 0.2) is 0 Å². The van der Waals surface area contributed by atoms with Gasteiger partial charge in [0.2, 0.25) is 5.91 Å². The molecule has 0 spiro atoms. The Bertz CT molecular complexity index is 397. The largest absolute Gasteiger partial charge is 0.481 e. The van der Waals surface area contributed by atoms with Crippen molar-refractivity contribution in [2.45, 2.75) is 65.7 Å². The van der Waals surface area contributed by atoms with E-state index in [9.17, 15) is 14.7 Å². The molecule has 1 amide bonds. The fourth-order valence-electron chi connectivity index (χ4n) is 3.91. The zero-order valence-electron chi connectivity index (χ0n) is 13.7. The van der Waals surface area contributed by atoms with Gasteiger partial charge in [-0.1, -0.05) is 33.6 Å². The molecule has 0 radical (unpaired) electrons. The van der Waals surface area contributed by atoms with Gasteiger partial charge in [-0.3, -0.25) is 9.59 Å². The highest BCUT2D eigenvalue weighted by Crippen LogP contribution is 2.42. The lowest BCUT2D eigenvalue weighted by molar-refractivity contribution is -0.153. The summed E-state index contributed by atoms with van der Waals surface area (Å²) >= 11 is 0. The molecule has 0 aromatic rings. The van der Waals surface area contributed by atoms with E-state index in [0.29, 0.717) is 24.2 Å². The Kier molecular flexibility index (Phi) is 4.64. The Balaban J connectivity index is 1.92. The summed E-state index contributed by atoms with van der Waals surface area (Å²) in [7, 11) is 0. The molecule has 1 aliphatic carbocycles. The van der Waals surface area contributed by atoms with Crippen molar-refractivity contribution >= 4 is 11.9 Å². The number of amides is 1. The molecule has 0 unspecified atom stereocenters. The van der Waals surface area contributed by atoms with Gasteiger partial charge in [0, 0.05) is 19.5 Å². The molecule has 0 atom stereocenters.